The molecule has 0 bridgehead atoms. The van der Waals surface area contributed by atoms with Gasteiger partial charge >= 0.3 is 0 Å². The number of benzene rings is 1. The van der Waals surface area contributed by atoms with E-state index in [9.17, 15) is 4.79 Å². The van der Waals surface area contributed by atoms with Crippen molar-refractivity contribution in [2.75, 3.05) is 25.0 Å². The molecule has 2 rings (SSSR count). The first-order chi connectivity index (χ1) is 9.56. The van der Waals surface area contributed by atoms with E-state index in [4.69, 9.17) is 4.74 Å². The van der Waals surface area contributed by atoms with E-state index in [1.54, 1.807) is 0 Å². The first-order valence-corrected chi connectivity index (χ1v) is 7.26. The van der Waals surface area contributed by atoms with Crippen LogP contribution < -0.4 is 10.6 Å². The number of anilines is 1. The van der Waals surface area contributed by atoms with E-state index in [0.717, 1.165) is 25.1 Å². The lowest BCUT2D eigenvalue weighted by molar-refractivity contribution is -0.119. The summed E-state index contributed by atoms with van der Waals surface area (Å²) in [6.07, 6.45) is 2.34. The normalized spacial score (nSPS) is 18.1. The number of carbonyl (C=O) groups excluding carboxylic acids is 1. The van der Waals surface area contributed by atoms with Gasteiger partial charge in [-0.05, 0) is 44.7 Å². The van der Waals surface area contributed by atoms with Crippen LogP contribution in [0.3, 0.4) is 0 Å². The lowest BCUT2D eigenvalue weighted by atomic mass is 10.1. The van der Waals surface area contributed by atoms with Crippen LogP contribution in [-0.4, -0.2) is 31.7 Å². The maximum absolute atomic E-state index is 11.8. The van der Waals surface area contributed by atoms with Gasteiger partial charge in [-0.15, -0.1) is 0 Å². The number of carbonyl (C=O) groups is 1. The summed E-state index contributed by atoms with van der Waals surface area (Å²) in [7, 11) is 0. The largest absolute Gasteiger partial charge is 0.376 e. The lowest BCUT2D eigenvalue weighted by Gasteiger charge is -2.15. The van der Waals surface area contributed by atoms with Gasteiger partial charge in [0.05, 0.1) is 12.6 Å². The van der Waals surface area contributed by atoms with Gasteiger partial charge in [0.15, 0.2) is 0 Å². The Morgan fingerprint density at radius 1 is 1.30 bits per heavy atom. The van der Waals surface area contributed by atoms with Crippen LogP contribution in [0.25, 0.3) is 0 Å². The fraction of sp³-hybridized carbons (Fsp3) is 0.562. The van der Waals surface area contributed by atoms with Crippen LogP contribution in [0.15, 0.2) is 12.1 Å². The van der Waals surface area contributed by atoms with Crippen molar-refractivity contribution < 1.29 is 9.53 Å². The van der Waals surface area contributed by atoms with Crippen LogP contribution in [0.4, 0.5) is 5.69 Å². The fourth-order valence-electron chi connectivity index (χ4n) is 2.72. The van der Waals surface area contributed by atoms with Gasteiger partial charge in [-0.3, -0.25) is 4.79 Å². The molecule has 20 heavy (non-hydrogen) atoms. The van der Waals surface area contributed by atoms with Crippen molar-refractivity contribution in [3.63, 3.8) is 0 Å². The minimum atomic E-state index is 0.0138. The van der Waals surface area contributed by atoms with Gasteiger partial charge in [0.1, 0.15) is 0 Å². The molecule has 1 aromatic rings. The highest BCUT2D eigenvalue weighted by Gasteiger charge is 2.16. The van der Waals surface area contributed by atoms with Crippen molar-refractivity contribution in [3.05, 3.63) is 28.8 Å². The van der Waals surface area contributed by atoms with Gasteiger partial charge in [-0.2, -0.15) is 0 Å². The van der Waals surface area contributed by atoms with Gasteiger partial charge < -0.3 is 15.4 Å². The number of amides is 1. The molecule has 0 aromatic heterocycles. The Bertz CT molecular complexity index is 456. The fourth-order valence-corrected chi connectivity index (χ4v) is 2.72. The molecule has 1 heterocycles. The number of rotatable bonds is 5. The molecule has 4 heteroatoms. The first-order valence-electron chi connectivity index (χ1n) is 7.26. The van der Waals surface area contributed by atoms with Crippen molar-refractivity contribution in [3.8, 4) is 0 Å². The Balaban J connectivity index is 1.81. The van der Waals surface area contributed by atoms with Gasteiger partial charge in [0.2, 0.25) is 5.91 Å². The highest BCUT2D eigenvalue weighted by atomic mass is 16.5. The molecule has 0 saturated carbocycles. The Morgan fingerprint density at radius 2 is 2.00 bits per heavy atom. The second-order valence-corrected chi connectivity index (χ2v) is 5.57. The number of nitrogens with one attached hydrogen (secondary N) is 2. The summed E-state index contributed by atoms with van der Waals surface area (Å²) in [5.41, 5.74) is 4.65. The Hall–Kier alpha value is -1.55. The van der Waals surface area contributed by atoms with E-state index < -0.39 is 0 Å². The summed E-state index contributed by atoms with van der Waals surface area (Å²) in [6, 6.07) is 4.25. The Morgan fingerprint density at radius 3 is 2.60 bits per heavy atom. The summed E-state index contributed by atoms with van der Waals surface area (Å²) in [5, 5.41) is 6.15. The van der Waals surface area contributed by atoms with E-state index >= 15 is 0 Å². The smallest absolute Gasteiger partial charge is 0.239 e. The second-order valence-electron chi connectivity index (χ2n) is 5.57. The molecule has 0 radical (unpaired) electrons. The van der Waals surface area contributed by atoms with Gasteiger partial charge in [0, 0.05) is 18.8 Å². The summed E-state index contributed by atoms with van der Waals surface area (Å²) in [6.45, 7) is 7.95. The molecule has 0 aliphatic carbocycles. The van der Waals surface area contributed by atoms with Crippen LogP contribution in [-0.2, 0) is 9.53 Å². The molecule has 1 fully saturated rings. The molecular weight excluding hydrogens is 252 g/mol. The summed E-state index contributed by atoms with van der Waals surface area (Å²) < 4.78 is 5.48. The average Bonchev–Trinajstić information content (AvgIpc) is 2.88. The van der Waals surface area contributed by atoms with Crippen molar-refractivity contribution in [1.29, 1.82) is 0 Å². The molecule has 2 N–H and O–H groups in total. The van der Waals surface area contributed by atoms with Crippen molar-refractivity contribution >= 4 is 11.6 Å². The van der Waals surface area contributed by atoms with Gasteiger partial charge in [-0.25, -0.2) is 0 Å². The van der Waals surface area contributed by atoms with E-state index in [1.165, 1.54) is 16.7 Å². The highest BCUT2D eigenvalue weighted by Crippen LogP contribution is 2.21. The Labute approximate surface area is 120 Å². The minimum Gasteiger partial charge on any atom is -0.376 e. The topological polar surface area (TPSA) is 50.4 Å². The molecule has 1 unspecified atom stereocenters. The maximum Gasteiger partial charge on any atom is 0.239 e. The maximum atomic E-state index is 11.8. The molecule has 4 nitrogen and oxygen atoms in total. The third-order valence-electron chi connectivity index (χ3n) is 3.65. The van der Waals surface area contributed by atoms with Crippen LogP contribution in [0.5, 0.6) is 0 Å². The van der Waals surface area contributed by atoms with E-state index in [-0.39, 0.29) is 12.0 Å². The molecular formula is C16H24N2O2. The van der Waals surface area contributed by atoms with Gasteiger partial charge in [-0.1, -0.05) is 17.7 Å². The third-order valence-corrected chi connectivity index (χ3v) is 3.65. The molecule has 1 aliphatic rings. The average molecular weight is 276 g/mol. The molecule has 1 aromatic carbocycles. The zero-order valence-electron chi connectivity index (χ0n) is 12.6. The number of aryl methyl sites for hydroxylation is 3. The summed E-state index contributed by atoms with van der Waals surface area (Å²) in [4.78, 5) is 11.8. The van der Waals surface area contributed by atoms with Crippen molar-refractivity contribution in [2.24, 2.45) is 0 Å². The molecule has 1 aliphatic heterocycles. The first kappa shape index (κ1) is 14.9. The molecule has 0 spiro atoms. The SMILES string of the molecule is Cc1cc(C)c(NCC(=O)NCC2CCCO2)c(C)c1. The van der Waals surface area contributed by atoms with E-state index in [0.29, 0.717) is 13.1 Å². The number of hydrogen-bond acceptors (Lipinski definition) is 3. The lowest BCUT2D eigenvalue weighted by Crippen LogP contribution is -2.35. The second kappa shape index (κ2) is 6.75. The van der Waals surface area contributed by atoms with Crippen molar-refractivity contribution in [2.45, 2.75) is 39.7 Å². The highest BCUT2D eigenvalue weighted by molar-refractivity contribution is 5.81. The monoisotopic (exact) mass is 276 g/mol. The van der Waals surface area contributed by atoms with E-state index in [1.807, 2.05) is 0 Å². The van der Waals surface area contributed by atoms with Crippen LogP contribution in [0, 0.1) is 20.8 Å². The number of ether oxygens (including phenoxy) is 1. The minimum absolute atomic E-state index is 0.0138. The molecule has 1 saturated heterocycles. The molecule has 1 atom stereocenters. The van der Waals surface area contributed by atoms with Crippen LogP contribution in [0.2, 0.25) is 0 Å². The predicted octanol–water partition coefficient (Wildman–Crippen LogP) is 2.32. The van der Waals surface area contributed by atoms with Crippen LogP contribution in [0.1, 0.15) is 29.5 Å². The summed E-state index contributed by atoms with van der Waals surface area (Å²) >= 11 is 0. The van der Waals surface area contributed by atoms with Crippen LogP contribution >= 0.6 is 0 Å². The van der Waals surface area contributed by atoms with Crippen molar-refractivity contribution in [1.82, 2.24) is 5.32 Å². The standard InChI is InChI=1S/C16H24N2O2/c1-11-7-12(2)16(13(3)8-11)18-10-15(19)17-9-14-5-4-6-20-14/h7-8,14,18H,4-6,9-10H2,1-3H3,(H,17,19). The predicted molar refractivity (Wildman–Crippen MR) is 81.1 cm³/mol. The zero-order valence-corrected chi connectivity index (χ0v) is 12.6. The summed E-state index contributed by atoms with van der Waals surface area (Å²) in [5.74, 6) is 0.0138. The molecule has 110 valence electrons. The third kappa shape index (κ3) is 3.97. The number of hydrogen-bond donors (Lipinski definition) is 2. The van der Waals surface area contributed by atoms with Gasteiger partial charge in [0.25, 0.3) is 0 Å². The Kier molecular flexibility index (Phi) is 5.01. The quantitative estimate of drug-likeness (QED) is 0.867. The molecule has 1 amide bonds. The zero-order chi connectivity index (χ0) is 14.5. The van der Waals surface area contributed by atoms with E-state index in [2.05, 4.69) is 43.5 Å².